The first-order valence-corrected chi connectivity index (χ1v) is 6.25. The molecule has 1 aliphatic rings. The van der Waals surface area contributed by atoms with Gasteiger partial charge < -0.3 is 14.6 Å². The second kappa shape index (κ2) is 4.85. The van der Waals surface area contributed by atoms with Gasteiger partial charge in [-0.3, -0.25) is 9.59 Å². The molecule has 0 radical (unpaired) electrons. The maximum Gasteiger partial charge on any atom is 0.295 e. The van der Waals surface area contributed by atoms with Crippen LogP contribution in [0.4, 0.5) is 0 Å². The van der Waals surface area contributed by atoms with E-state index in [1.807, 2.05) is 12.1 Å². The van der Waals surface area contributed by atoms with Gasteiger partial charge in [-0.15, -0.1) is 0 Å². The maximum absolute atomic E-state index is 12.3. The molecule has 5 nitrogen and oxygen atoms in total. The molecule has 1 amide bonds. The minimum Gasteiger partial charge on any atom is -0.378 e. The van der Waals surface area contributed by atoms with E-state index < -0.39 is 11.7 Å². The summed E-state index contributed by atoms with van der Waals surface area (Å²) in [5.41, 5.74) is 1.15. The van der Waals surface area contributed by atoms with Crippen molar-refractivity contribution in [2.24, 2.45) is 0 Å². The van der Waals surface area contributed by atoms with Crippen LogP contribution in [-0.4, -0.2) is 47.9 Å². The van der Waals surface area contributed by atoms with E-state index in [9.17, 15) is 9.59 Å². The summed E-state index contributed by atoms with van der Waals surface area (Å²) in [6, 6.07) is 7.25. The molecular weight excluding hydrogens is 244 g/mol. The van der Waals surface area contributed by atoms with Gasteiger partial charge in [0.1, 0.15) is 0 Å². The summed E-state index contributed by atoms with van der Waals surface area (Å²) in [5, 5.41) is 0.931. The second-order valence-electron chi connectivity index (χ2n) is 4.48. The summed E-state index contributed by atoms with van der Waals surface area (Å²) in [7, 11) is 0. The van der Waals surface area contributed by atoms with E-state index in [-0.39, 0.29) is 0 Å². The molecule has 0 unspecified atom stereocenters. The van der Waals surface area contributed by atoms with Crippen LogP contribution in [0.3, 0.4) is 0 Å². The lowest BCUT2D eigenvalue weighted by Gasteiger charge is -2.26. The Morgan fingerprint density at radius 3 is 2.74 bits per heavy atom. The highest BCUT2D eigenvalue weighted by Gasteiger charge is 2.26. The standard InChI is InChI=1S/C14H14N2O3/c17-13(14(18)16-6-8-19-9-7-16)11-3-1-2-10-4-5-15-12(10)11/h1-5,15H,6-9H2. The summed E-state index contributed by atoms with van der Waals surface area (Å²) in [6.45, 7) is 1.94. The third kappa shape index (κ3) is 2.13. The molecule has 1 aromatic carbocycles. The number of para-hydroxylation sites is 1. The third-order valence-corrected chi connectivity index (χ3v) is 3.32. The molecular formula is C14H14N2O3. The van der Waals surface area contributed by atoms with E-state index in [1.54, 1.807) is 23.2 Å². The number of fused-ring (bicyclic) bond motifs is 1. The molecule has 19 heavy (non-hydrogen) atoms. The zero-order valence-electron chi connectivity index (χ0n) is 10.4. The number of H-pyrrole nitrogens is 1. The minimum atomic E-state index is -0.463. The van der Waals surface area contributed by atoms with Gasteiger partial charge in [-0.05, 0) is 12.1 Å². The van der Waals surface area contributed by atoms with Crippen molar-refractivity contribution in [3.8, 4) is 0 Å². The van der Waals surface area contributed by atoms with Crippen LogP contribution in [0.15, 0.2) is 30.5 Å². The number of Topliss-reactive ketones (excluding diaryl/α,β-unsaturated/α-hetero) is 1. The number of carbonyl (C=O) groups excluding carboxylic acids is 2. The van der Waals surface area contributed by atoms with Crippen LogP contribution in [0.2, 0.25) is 0 Å². The number of carbonyl (C=O) groups is 2. The van der Waals surface area contributed by atoms with Gasteiger partial charge in [-0.25, -0.2) is 0 Å². The van der Waals surface area contributed by atoms with Crippen LogP contribution in [0.1, 0.15) is 10.4 Å². The predicted octanol–water partition coefficient (Wildman–Crippen LogP) is 1.21. The molecule has 0 saturated carbocycles. The first-order valence-electron chi connectivity index (χ1n) is 6.25. The van der Waals surface area contributed by atoms with Crippen molar-refractivity contribution in [3.05, 3.63) is 36.0 Å². The number of hydrogen-bond acceptors (Lipinski definition) is 3. The fraction of sp³-hybridized carbons (Fsp3) is 0.286. The van der Waals surface area contributed by atoms with Crippen LogP contribution in [-0.2, 0) is 9.53 Å². The van der Waals surface area contributed by atoms with E-state index in [1.165, 1.54) is 0 Å². The number of amides is 1. The number of aromatic amines is 1. The number of rotatable bonds is 2. The normalized spacial score (nSPS) is 15.7. The van der Waals surface area contributed by atoms with Gasteiger partial charge in [0.2, 0.25) is 0 Å². The number of ether oxygens (including phenoxy) is 1. The van der Waals surface area contributed by atoms with Gasteiger partial charge in [0.05, 0.1) is 24.3 Å². The number of hydrogen-bond donors (Lipinski definition) is 1. The smallest absolute Gasteiger partial charge is 0.295 e. The molecule has 98 valence electrons. The number of ketones is 1. The van der Waals surface area contributed by atoms with Crippen molar-refractivity contribution in [1.82, 2.24) is 9.88 Å². The van der Waals surface area contributed by atoms with Crippen molar-refractivity contribution in [1.29, 1.82) is 0 Å². The summed E-state index contributed by atoms with van der Waals surface area (Å²) in [6.07, 6.45) is 1.76. The average molecular weight is 258 g/mol. The molecule has 2 aromatic rings. The zero-order valence-corrected chi connectivity index (χ0v) is 10.4. The Labute approximate surface area is 110 Å². The molecule has 1 aliphatic heterocycles. The lowest BCUT2D eigenvalue weighted by Crippen LogP contribution is -2.44. The molecule has 2 heterocycles. The Kier molecular flexibility index (Phi) is 3.05. The Balaban J connectivity index is 1.90. The molecule has 1 saturated heterocycles. The highest BCUT2D eigenvalue weighted by molar-refractivity contribution is 6.44. The number of morpholine rings is 1. The van der Waals surface area contributed by atoms with E-state index in [4.69, 9.17) is 4.74 Å². The SMILES string of the molecule is O=C(C(=O)N1CCOCC1)c1cccc2cc[nH]c12. The van der Waals surface area contributed by atoms with Gasteiger partial charge >= 0.3 is 0 Å². The number of benzene rings is 1. The van der Waals surface area contributed by atoms with Crippen molar-refractivity contribution in [2.45, 2.75) is 0 Å². The van der Waals surface area contributed by atoms with Crippen LogP contribution in [0.5, 0.6) is 0 Å². The molecule has 1 fully saturated rings. The quantitative estimate of drug-likeness (QED) is 0.650. The van der Waals surface area contributed by atoms with Crippen LogP contribution in [0, 0.1) is 0 Å². The minimum absolute atomic E-state index is 0.430. The highest BCUT2D eigenvalue weighted by atomic mass is 16.5. The maximum atomic E-state index is 12.3. The lowest BCUT2D eigenvalue weighted by atomic mass is 10.1. The Hall–Kier alpha value is -2.14. The molecule has 1 aromatic heterocycles. The number of aromatic nitrogens is 1. The van der Waals surface area contributed by atoms with Crippen molar-refractivity contribution in [2.75, 3.05) is 26.3 Å². The van der Waals surface area contributed by atoms with E-state index in [2.05, 4.69) is 4.98 Å². The molecule has 0 spiro atoms. The molecule has 0 atom stereocenters. The summed E-state index contributed by atoms with van der Waals surface area (Å²) >= 11 is 0. The van der Waals surface area contributed by atoms with Crippen LogP contribution < -0.4 is 0 Å². The Morgan fingerprint density at radius 2 is 1.95 bits per heavy atom. The van der Waals surface area contributed by atoms with Crippen LogP contribution in [0.25, 0.3) is 10.9 Å². The van der Waals surface area contributed by atoms with Crippen molar-refractivity contribution >= 4 is 22.6 Å². The number of nitrogens with zero attached hydrogens (tertiary/aromatic N) is 1. The largest absolute Gasteiger partial charge is 0.378 e. The van der Waals surface area contributed by atoms with E-state index >= 15 is 0 Å². The van der Waals surface area contributed by atoms with Crippen molar-refractivity contribution in [3.63, 3.8) is 0 Å². The molecule has 3 rings (SSSR count). The fourth-order valence-corrected chi connectivity index (χ4v) is 2.30. The van der Waals surface area contributed by atoms with Gasteiger partial charge in [0, 0.05) is 24.7 Å². The lowest BCUT2D eigenvalue weighted by molar-refractivity contribution is -0.130. The topological polar surface area (TPSA) is 62.4 Å². The second-order valence-corrected chi connectivity index (χ2v) is 4.48. The zero-order chi connectivity index (χ0) is 13.2. The number of nitrogens with one attached hydrogen (secondary N) is 1. The van der Waals surface area contributed by atoms with Crippen LogP contribution >= 0.6 is 0 Å². The third-order valence-electron chi connectivity index (χ3n) is 3.32. The first-order chi connectivity index (χ1) is 9.27. The van der Waals surface area contributed by atoms with E-state index in [0.29, 0.717) is 37.4 Å². The van der Waals surface area contributed by atoms with Gasteiger partial charge in [0.15, 0.2) is 0 Å². The first kappa shape index (κ1) is 11.9. The summed E-state index contributed by atoms with van der Waals surface area (Å²) < 4.78 is 5.18. The van der Waals surface area contributed by atoms with Gasteiger partial charge in [-0.2, -0.15) is 0 Å². The molecule has 0 bridgehead atoms. The molecule has 1 N–H and O–H groups in total. The fourth-order valence-electron chi connectivity index (χ4n) is 2.30. The van der Waals surface area contributed by atoms with E-state index in [0.717, 1.165) is 5.39 Å². The highest BCUT2D eigenvalue weighted by Crippen LogP contribution is 2.18. The average Bonchev–Trinajstić information content (AvgIpc) is 2.95. The van der Waals surface area contributed by atoms with Gasteiger partial charge in [0.25, 0.3) is 11.7 Å². The Bertz CT molecular complexity index is 626. The monoisotopic (exact) mass is 258 g/mol. The van der Waals surface area contributed by atoms with Gasteiger partial charge in [-0.1, -0.05) is 12.1 Å². The summed E-state index contributed by atoms with van der Waals surface area (Å²) in [5.74, 6) is -0.916. The summed E-state index contributed by atoms with van der Waals surface area (Å²) in [4.78, 5) is 29.0. The molecule has 5 heteroatoms. The Morgan fingerprint density at radius 1 is 1.16 bits per heavy atom. The molecule has 0 aliphatic carbocycles. The predicted molar refractivity (Wildman–Crippen MR) is 70.0 cm³/mol. The van der Waals surface area contributed by atoms with Crippen molar-refractivity contribution < 1.29 is 14.3 Å².